The van der Waals surface area contributed by atoms with Crippen LogP contribution in [0.15, 0.2) is 24.3 Å². The standard InChI is InChI=1S/C18H33BrO4Si2/c1-4-16(22-24)20-18(21-17(5-2)23-25)13(3)11-15-8-6-7-14(12-15)9-10-19/h6-8,12-13,16-18H,4-5,9-11H2,1-3,24-25H3. The summed E-state index contributed by atoms with van der Waals surface area (Å²) in [4.78, 5) is 0. The van der Waals surface area contributed by atoms with Gasteiger partial charge in [0, 0.05) is 11.2 Å². The Morgan fingerprint density at radius 3 is 2.04 bits per heavy atom. The smallest absolute Gasteiger partial charge is 0.166 e. The van der Waals surface area contributed by atoms with Gasteiger partial charge in [0.1, 0.15) is 33.6 Å². The van der Waals surface area contributed by atoms with E-state index in [-0.39, 0.29) is 24.8 Å². The van der Waals surface area contributed by atoms with E-state index in [0.717, 1.165) is 31.0 Å². The zero-order valence-electron chi connectivity index (χ0n) is 16.2. The van der Waals surface area contributed by atoms with Gasteiger partial charge in [-0.3, -0.25) is 0 Å². The number of ether oxygens (including phenoxy) is 2. The summed E-state index contributed by atoms with van der Waals surface area (Å²) in [5.74, 6) is 0.205. The minimum atomic E-state index is -0.336. The number of aryl methyl sites for hydroxylation is 1. The van der Waals surface area contributed by atoms with Gasteiger partial charge >= 0.3 is 0 Å². The Hall–Kier alpha value is -0.0262. The third kappa shape index (κ3) is 8.47. The predicted molar refractivity (Wildman–Crippen MR) is 113 cm³/mol. The molecule has 4 nitrogen and oxygen atoms in total. The Labute approximate surface area is 167 Å². The molecule has 1 rings (SSSR count). The van der Waals surface area contributed by atoms with E-state index in [9.17, 15) is 0 Å². The topological polar surface area (TPSA) is 36.9 Å². The lowest BCUT2D eigenvalue weighted by Crippen LogP contribution is -2.36. The molecule has 0 aromatic heterocycles. The van der Waals surface area contributed by atoms with Crippen molar-refractivity contribution < 1.29 is 18.3 Å². The van der Waals surface area contributed by atoms with Gasteiger partial charge in [0.25, 0.3) is 0 Å². The fourth-order valence-electron chi connectivity index (χ4n) is 2.73. The molecule has 0 radical (unpaired) electrons. The highest BCUT2D eigenvalue weighted by Crippen LogP contribution is 2.21. The molecule has 0 N–H and O–H groups in total. The van der Waals surface area contributed by atoms with Gasteiger partial charge in [-0.1, -0.05) is 61.0 Å². The van der Waals surface area contributed by atoms with Crippen molar-refractivity contribution in [2.75, 3.05) is 5.33 Å². The molecule has 0 bridgehead atoms. The van der Waals surface area contributed by atoms with Gasteiger partial charge in [-0.05, 0) is 36.8 Å². The van der Waals surface area contributed by atoms with Gasteiger partial charge in [-0.2, -0.15) is 0 Å². The molecule has 0 fully saturated rings. The Balaban J connectivity index is 2.82. The molecule has 0 saturated carbocycles. The van der Waals surface area contributed by atoms with Crippen molar-refractivity contribution in [3.05, 3.63) is 35.4 Å². The fraction of sp³-hybridized carbons (Fsp3) is 0.667. The highest BCUT2D eigenvalue weighted by atomic mass is 79.9. The molecular weight excluding hydrogens is 416 g/mol. The molecule has 0 amide bonds. The van der Waals surface area contributed by atoms with E-state index in [1.807, 2.05) is 0 Å². The second-order valence-electron chi connectivity index (χ2n) is 6.23. The van der Waals surface area contributed by atoms with Crippen molar-refractivity contribution in [1.82, 2.24) is 0 Å². The van der Waals surface area contributed by atoms with E-state index in [2.05, 4.69) is 61.0 Å². The van der Waals surface area contributed by atoms with E-state index < -0.39 is 0 Å². The Kier molecular flexibility index (Phi) is 12.1. The lowest BCUT2D eigenvalue weighted by atomic mass is 9.98. The molecule has 25 heavy (non-hydrogen) atoms. The summed E-state index contributed by atoms with van der Waals surface area (Å²) in [6.45, 7) is 6.30. The lowest BCUT2D eigenvalue weighted by molar-refractivity contribution is -0.280. The minimum Gasteiger partial charge on any atom is -0.404 e. The van der Waals surface area contributed by atoms with Crippen molar-refractivity contribution >= 4 is 36.9 Å². The maximum Gasteiger partial charge on any atom is 0.166 e. The van der Waals surface area contributed by atoms with Crippen molar-refractivity contribution in [2.24, 2.45) is 5.92 Å². The summed E-state index contributed by atoms with van der Waals surface area (Å²) in [6.07, 6.45) is 2.83. The van der Waals surface area contributed by atoms with Crippen LogP contribution in [0.5, 0.6) is 0 Å². The van der Waals surface area contributed by atoms with Crippen LogP contribution in [-0.2, 0) is 31.2 Å². The normalized spacial score (nSPS) is 16.6. The zero-order valence-corrected chi connectivity index (χ0v) is 21.8. The van der Waals surface area contributed by atoms with E-state index in [0.29, 0.717) is 21.0 Å². The Bertz CT molecular complexity index is 456. The lowest BCUT2D eigenvalue weighted by Gasteiger charge is -2.31. The molecule has 0 aliphatic carbocycles. The van der Waals surface area contributed by atoms with Crippen LogP contribution in [0.25, 0.3) is 0 Å². The van der Waals surface area contributed by atoms with Gasteiger partial charge in [0.15, 0.2) is 6.29 Å². The van der Waals surface area contributed by atoms with Crippen LogP contribution in [0.4, 0.5) is 0 Å². The molecule has 7 heteroatoms. The van der Waals surface area contributed by atoms with Gasteiger partial charge < -0.3 is 18.3 Å². The number of benzene rings is 1. The van der Waals surface area contributed by atoms with E-state index in [1.54, 1.807) is 0 Å². The first-order chi connectivity index (χ1) is 12.1. The molecule has 0 aliphatic heterocycles. The van der Waals surface area contributed by atoms with Crippen molar-refractivity contribution in [3.63, 3.8) is 0 Å². The van der Waals surface area contributed by atoms with Gasteiger partial charge in [-0.15, -0.1) is 0 Å². The van der Waals surface area contributed by atoms with Crippen LogP contribution in [0, 0.1) is 5.92 Å². The molecule has 0 saturated heterocycles. The number of hydrogen-bond donors (Lipinski definition) is 0. The van der Waals surface area contributed by atoms with Crippen LogP contribution < -0.4 is 0 Å². The molecule has 3 atom stereocenters. The quantitative estimate of drug-likeness (QED) is 0.263. The van der Waals surface area contributed by atoms with Crippen LogP contribution in [0.3, 0.4) is 0 Å². The van der Waals surface area contributed by atoms with Gasteiger partial charge in [0.2, 0.25) is 0 Å². The maximum absolute atomic E-state index is 6.11. The SMILES string of the molecule is CCC(O[SiH3])OC(OC(CC)O[SiH3])C(C)Cc1cccc(CCBr)c1. The molecule has 0 spiro atoms. The molecule has 0 heterocycles. The predicted octanol–water partition coefficient (Wildman–Crippen LogP) is 2.23. The monoisotopic (exact) mass is 448 g/mol. The first-order valence-electron chi connectivity index (χ1n) is 9.08. The van der Waals surface area contributed by atoms with Crippen LogP contribution in [0.1, 0.15) is 44.7 Å². The van der Waals surface area contributed by atoms with Crippen molar-refractivity contribution in [1.29, 1.82) is 0 Å². The average molecular weight is 450 g/mol. The molecule has 1 aromatic carbocycles. The first-order valence-corrected chi connectivity index (χ1v) is 11.8. The highest BCUT2D eigenvalue weighted by molar-refractivity contribution is 9.09. The van der Waals surface area contributed by atoms with Crippen molar-refractivity contribution in [2.45, 2.75) is 65.3 Å². The first kappa shape index (κ1) is 23.0. The fourth-order valence-corrected chi connectivity index (χ4v) is 4.07. The van der Waals surface area contributed by atoms with E-state index in [1.165, 1.54) is 11.1 Å². The molecule has 0 aliphatic rings. The van der Waals surface area contributed by atoms with Crippen LogP contribution in [0.2, 0.25) is 0 Å². The molecule has 144 valence electrons. The largest absolute Gasteiger partial charge is 0.404 e. The summed E-state index contributed by atoms with van der Waals surface area (Å²) in [6, 6.07) is 8.75. The summed E-state index contributed by atoms with van der Waals surface area (Å²) in [7, 11) is 1.30. The summed E-state index contributed by atoms with van der Waals surface area (Å²) < 4.78 is 23.3. The zero-order chi connectivity index (χ0) is 18.7. The second-order valence-corrected chi connectivity index (χ2v) is 7.96. The Morgan fingerprint density at radius 1 is 1.00 bits per heavy atom. The maximum atomic E-state index is 6.11. The Morgan fingerprint density at radius 2 is 1.56 bits per heavy atom. The molecule has 1 aromatic rings. The summed E-state index contributed by atoms with van der Waals surface area (Å²) in [5, 5.41) is 0.979. The minimum absolute atomic E-state index is 0.203. The third-order valence-electron chi connectivity index (χ3n) is 4.16. The highest BCUT2D eigenvalue weighted by Gasteiger charge is 2.25. The van der Waals surface area contributed by atoms with Crippen LogP contribution >= 0.6 is 15.9 Å². The number of hydrogen-bond acceptors (Lipinski definition) is 4. The van der Waals surface area contributed by atoms with Crippen molar-refractivity contribution in [3.8, 4) is 0 Å². The molecule has 3 unspecified atom stereocenters. The van der Waals surface area contributed by atoms with Gasteiger partial charge in [0.05, 0.1) is 0 Å². The van der Waals surface area contributed by atoms with Crippen LogP contribution in [-0.4, -0.2) is 45.2 Å². The van der Waals surface area contributed by atoms with E-state index in [4.69, 9.17) is 18.3 Å². The summed E-state index contributed by atoms with van der Waals surface area (Å²) in [5.41, 5.74) is 2.66. The summed E-state index contributed by atoms with van der Waals surface area (Å²) >= 11 is 3.51. The number of rotatable bonds is 13. The second kappa shape index (κ2) is 13.2. The molecular formula is C18H33BrO4Si2. The number of halogens is 1. The average Bonchev–Trinajstić information content (AvgIpc) is 2.62. The number of alkyl halides is 1. The van der Waals surface area contributed by atoms with E-state index >= 15 is 0 Å². The third-order valence-corrected chi connectivity index (χ3v) is 5.61. The van der Waals surface area contributed by atoms with Gasteiger partial charge in [-0.25, -0.2) is 0 Å².